The molecule has 2 aromatic carbocycles. The monoisotopic (exact) mass is 678 g/mol. The Balaban J connectivity index is 1.29. The van der Waals surface area contributed by atoms with Crippen LogP contribution in [0.5, 0.6) is 0 Å². The van der Waals surface area contributed by atoms with Gasteiger partial charge in [-0.1, -0.05) is 35.9 Å². The van der Waals surface area contributed by atoms with Gasteiger partial charge in [0.1, 0.15) is 6.04 Å². The van der Waals surface area contributed by atoms with E-state index in [9.17, 15) is 14.4 Å². The number of piperazine rings is 1. The fourth-order valence-electron chi connectivity index (χ4n) is 6.40. The topological polar surface area (TPSA) is 137 Å². The number of aryl methyl sites for hydroxylation is 1. The number of nitrogens with zero attached hydrogens (tertiary/aromatic N) is 5. The number of halogens is 1. The summed E-state index contributed by atoms with van der Waals surface area (Å²) in [6.07, 6.45) is 2.18. The van der Waals surface area contributed by atoms with Crippen LogP contribution in [-0.4, -0.2) is 103 Å². The number of carboxylic acids is 1. The van der Waals surface area contributed by atoms with Crippen LogP contribution < -0.4 is 10.2 Å². The lowest BCUT2D eigenvalue weighted by Gasteiger charge is -2.44. The van der Waals surface area contributed by atoms with Crippen LogP contribution in [0.2, 0.25) is 5.02 Å². The normalized spacial score (nSPS) is 21.4. The lowest BCUT2D eigenvalue weighted by molar-refractivity contribution is -0.137. The number of amidine groups is 1. The maximum absolute atomic E-state index is 13.7. The molecular formula is C33H35ClN6O6S. The second-order valence-corrected chi connectivity index (χ2v) is 12.8. The van der Waals surface area contributed by atoms with Gasteiger partial charge in [-0.2, -0.15) is 0 Å². The number of anilines is 1. The van der Waals surface area contributed by atoms with Crippen molar-refractivity contribution in [2.45, 2.75) is 31.0 Å². The molecule has 4 heterocycles. The Kier molecular flexibility index (Phi) is 9.87. The average Bonchev–Trinajstić information content (AvgIpc) is 3.74. The summed E-state index contributed by atoms with van der Waals surface area (Å²) in [7, 11) is 3.00. The number of aliphatic imine (C=N–C) groups is 1. The fraction of sp³-hybridized carbons (Fsp3) is 0.364. The van der Waals surface area contributed by atoms with Gasteiger partial charge in [-0.05, 0) is 41.8 Å². The van der Waals surface area contributed by atoms with Gasteiger partial charge in [-0.25, -0.2) is 14.6 Å². The Bertz CT molecular complexity index is 1680. The Morgan fingerprint density at radius 3 is 2.53 bits per heavy atom. The van der Waals surface area contributed by atoms with E-state index in [1.165, 1.54) is 18.4 Å². The highest BCUT2D eigenvalue weighted by Crippen LogP contribution is 2.35. The molecule has 0 spiro atoms. The van der Waals surface area contributed by atoms with Crippen molar-refractivity contribution in [2.24, 2.45) is 4.99 Å². The molecule has 2 N–H and O–H groups in total. The number of nitrogens with one attached hydrogen (secondary N) is 1. The molecule has 3 atom stereocenters. The summed E-state index contributed by atoms with van der Waals surface area (Å²) in [4.78, 5) is 53.4. The van der Waals surface area contributed by atoms with E-state index in [1.807, 2.05) is 46.7 Å². The average molecular weight is 679 g/mol. The molecule has 2 amide bonds. The van der Waals surface area contributed by atoms with Crippen LogP contribution >= 0.6 is 22.9 Å². The predicted octanol–water partition coefficient (Wildman–Crippen LogP) is 3.97. The Hall–Kier alpha value is -4.30. The largest absolute Gasteiger partial charge is 0.481 e. The van der Waals surface area contributed by atoms with Gasteiger partial charge in [0.2, 0.25) is 0 Å². The van der Waals surface area contributed by atoms with E-state index in [4.69, 9.17) is 31.2 Å². The third kappa shape index (κ3) is 6.89. The number of carboxylic acid groups (broad SMARTS) is 1. The number of benzene rings is 2. The number of rotatable bonds is 11. The number of ether oxygens (including phenoxy) is 2. The van der Waals surface area contributed by atoms with Crippen LogP contribution in [0.25, 0.3) is 0 Å². The van der Waals surface area contributed by atoms with Gasteiger partial charge in [0.05, 0.1) is 31.4 Å². The molecule has 2 fully saturated rings. The number of methoxy groups -OCH3 is 2. The SMILES string of the molecule is COC[C@@H]1[C@H]2CN(c3ccc(CCC(=O)O)cc3)C(=O)N2CCN1CC1=C(C(=O)OC)C(c2ccc(Cl)cc2)N=C(c2nccs2)N1. The van der Waals surface area contributed by atoms with Gasteiger partial charge in [0, 0.05) is 67.7 Å². The molecule has 3 aliphatic rings. The number of fused-ring (bicyclic) bond motifs is 1. The minimum atomic E-state index is -0.848. The van der Waals surface area contributed by atoms with Crippen LogP contribution in [0.4, 0.5) is 10.5 Å². The van der Waals surface area contributed by atoms with E-state index in [0.29, 0.717) is 66.3 Å². The fourth-order valence-corrected chi connectivity index (χ4v) is 7.11. The summed E-state index contributed by atoms with van der Waals surface area (Å²) in [5, 5.41) is 15.6. The molecule has 246 valence electrons. The molecule has 3 aliphatic heterocycles. The van der Waals surface area contributed by atoms with E-state index >= 15 is 0 Å². The van der Waals surface area contributed by atoms with Crippen molar-refractivity contribution in [1.29, 1.82) is 0 Å². The second-order valence-electron chi connectivity index (χ2n) is 11.5. The summed E-state index contributed by atoms with van der Waals surface area (Å²) >= 11 is 7.64. The van der Waals surface area contributed by atoms with E-state index < -0.39 is 18.0 Å². The zero-order valence-corrected chi connectivity index (χ0v) is 27.5. The summed E-state index contributed by atoms with van der Waals surface area (Å²) in [6, 6.07) is 13.6. The number of urea groups is 1. The summed E-state index contributed by atoms with van der Waals surface area (Å²) in [5.41, 5.74) is 3.47. The molecule has 0 bridgehead atoms. The number of thiazole rings is 1. The van der Waals surface area contributed by atoms with Crippen molar-refractivity contribution >= 4 is 52.4 Å². The molecule has 0 saturated carbocycles. The Morgan fingerprint density at radius 2 is 1.87 bits per heavy atom. The summed E-state index contributed by atoms with van der Waals surface area (Å²) in [5.74, 6) is -0.789. The highest BCUT2D eigenvalue weighted by Gasteiger charge is 2.47. The van der Waals surface area contributed by atoms with Gasteiger partial charge in [-0.3, -0.25) is 19.6 Å². The highest BCUT2D eigenvalue weighted by atomic mass is 35.5. The number of hydrogen-bond acceptors (Lipinski definition) is 10. The number of aliphatic carboxylic acids is 1. The molecule has 14 heteroatoms. The van der Waals surface area contributed by atoms with Gasteiger partial charge < -0.3 is 24.8 Å². The van der Waals surface area contributed by atoms with Crippen molar-refractivity contribution < 1.29 is 29.0 Å². The van der Waals surface area contributed by atoms with Crippen LogP contribution in [0.1, 0.15) is 28.6 Å². The van der Waals surface area contributed by atoms with Crippen LogP contribution in [0.3, 0.4) is 0 Å². The number of esters is 1. The smallest absolute Gasteiger partial charge is 0.338 e. The third-order valence-corrected chi connectivity index (χ3v) is 9.75. The van der Waals surface area contributed by atoms with Crippen LogP contribution in [-0.2, 0) is 25.5 Å². The standard InChI is InChI=1S/C33H35ClN6O6S/c1-45-19-26-25-18-40(23-10-3-20(4-11-23)5-12-27(41)42)33(44)39(25)15-14-38(26)17-24-28(32(43)46-2)29(21-6-8-22(34)9-7-21)37-30(36-24)31-35-13-16-47-31/h3-4,6-11,13,16,25-26,29H,5,12,14-15,17-19H2,1-2H3,(H,36,37)(H,41,42)/t25-,26-,29?/m1/s1. The molecule has 1 aromatic heterocycles. The molecule has 1 unspecified atom stereocenters. The summed E-state index contributed by atoms with van der Waals surface area (Å²) < 4.78 is 11.0. The first-order valence-electron chi connectivity index (χ1n) is 15.2. The van der Waals surface area contributed by atoms with E-state index in [0.717, 1.165) is 16.8 Å². The number of amides is 2. The van der Waals surface area contributed by atoms with Crippen molar-refractivity contribution in [1.82, 2.24) is 20.1 Å². The van der Waals surface area contributed by atoms with Gasteiger partial charge in [-0.15, -0.1) is 11.3 Å². The predicted molar refractivity (Wildman–Crippen MR) is 178 cm³/mol. The first-order valence-corrected chi connectivity index (χ1v) is 16.5. The Morgan fingerprint density at radius 1 is 1.11 bits per heavy atom. The van der Waals surface area contributed by atoms with Crippen molar-refractivity contribution in [2.75, 3.05) is 51.9 Å². The lowest BCUT2D eigenvalue weighted by atomic mass is 9.94. The van der Waals surface area contributed by atoms with Gasteiger partial charge >= 0.3 is 18.0 Å². The first-order chi connectivity index (χ1) is 22.8. The van der Waals surface area contributed by atoms with E-state index in [2.05, 4.69) is 15.2 Å². The molecule has 2 saturated heterocycles. The molecule has 6 rings (SSSR count). The maximum Gasteiger partial charge on any atom is 0.338 e. The number of carbonyl (C=O) groups excluding carboxylic acids is 2. The lowest BCUT2D eigenvalue weighted by Crippen LogP contribution is -2.61. The summed E-state index contributed by atoms with van der Waals surface area (Å²) in [6.45, 7) is 2.21. The van der Waals surface area contributed by atoms with Crippen molar-refractivity contribution in [3.63, 3.8) is 0 Å². The molecule has 3 aromatic rings. The maximum atomic E-state index is 13.7. The quantitative estimate of drug-likeness (QED) is 0.289. The minimum Gasteiger partial charge on any atom is -0.481 e. The number of hydrogen-bond donors (Lipinski definition) is 2. The molecule has 0 radical (unpaired) electrons. The first kappa shape index (κ1) is 32.6. The molecule has 47 heavy (non-hydrogen) atoms. The van der Waals surface area contributed by atoms with Crippen LogP contribution in [0, 0.1) is 0 Å². The zero-order chi connectivity index (χ0) is 33.1. The molecule has 12 nitrogen and oxygen atoms in total. The van der Waals surface area contributed by atoms with Gasteiger partial charge in [0.15, 0.2) is 10.8 Å². The second kappa shape index (κ2) is 14.2. The molecular weight excluding hydrogens is 644 g/mol. The third-order valence-electron chi connectivity index (χ3n) is 8.71. The highest BCUT2D eigenvalue weighted by molar-refractivity contribution is 7.11. The van der Waals surface area contributed by atoms with Crippen molar-refractivity contribution in [3.8, 4) is 0 Å². The van der Waals surface area contributed by atoms with Crippen molar-refractivity contribution in [3.05, 3.63) is 92.5 Å². The van der Waals surface area contributed by atoms with E-state index in [-0.39, 0.29) is 24.5 Å². The minimum absolute atomic E-state index is 0.0486. The Labute approximate surface area is 281 Å². The number of aromatic nitrogens is 1. The van der Waals surface area contributed by atoms with Gasteiger partial charge in [0.25, 0.3) is 0 Å². The van der Waals surface area contributed by atoms with E-state index in [1.54, 1.807) is 30.3 Å². The van der Waals surface area contributed by atoms with Crippen LogP contribution in [0.15, 0.2) is 76.4 Å². The zero-order valence-electron chi connectivity index (χ0n) is 26.0. The number of carbonyl (C=O) groups is 3. The molecule has 0 aliphatic carbocycles.